The highest BCUT2D eigenvalue weighted by Gasteiger charge is 2.23. The van der Waals surface area contributed by atoms with Crippen LogP contribution in [0, 0.1) is 10.1 Å². The van der Waals surface area contributed by atoms with Gasteiger partial charge < -0.3 is 14.6 Å². The lowest BCUT2D eigenvalue weighted by atomic mass is 10.2. The van der Waals surface area contributed by atoms with E-state index >= 15 is 0 Å². The molecular formula is C10H13NO5. The van der Waals surface area contributed by atoms with Crippen molar-refractivity contribution < 1.29 is 19.5 Å². The maximum absolute atomic E-state index is 10.4. The average Bonchev–Trinajstić information content (AvgIpc) is 2.28. The van der Waals surface area contributed by atoms with E-state index in [1.165, 1.54) is 6.08 Å². The minimum Gasteiger partial charge on any atom is -0.486 e. The van der Waals surface area contributed by atoms with E-state index in [-0.39, 0.29) is 24.7 Å². The second kappa shape index (κ2) is 5.32. The molecule has 1 aliphatic rings. The SMILES string of the molecule is C=C(/C=C1/OC(CO)CO/C1=C/C)[N+](=O)[O-]. The van der Waals surface area contributed by atoms with Crippen LogP contribution in [0.5, 0.6) is 0 Å². The molecule has 0 aromatic rings. The molecule has 0 amide bonds. The summed E-state index contributed by atoms with van der Waals surface area (Å²) in [6.07, 6.45) is 2.30. The Morgan fingerprint density at radius 1 is 1.75 bits per heavy atom. The average molecular weight is 227 g/mol. The molecule has 6 heteroatoms. The second-order valence-corrected chi connectivity index (χ2v) is 3.14. The summed E-state index contributed by atoms with van der Waals surface area (Å²) in [6, 6.07) is 0. The summed E-state index contributed by atoms with van der Waals surface area (Å²) >= 11 is 0. The van der Waals surface area contributed by atoms with Crippen LogP contribution < -0.4 is 0 Å². The van der Waals surface area contributed by atoms with E-state index in [2.05, 4.69) is 6.58 Å². The van der Waals surface area contributed by atoms with Gasteiger partial charge in [-0.2, -0.15) is 0 Å². The van der Waals surface area contributed by atoms with Crippen LogP contribution >= 0.6 is 0 Å². The minimum absolute atomic E-state index is 0.209. The van der Waals surface area contributed by atoms with Gasteiger partial charge in [-0.05, 0) is 19.6 Å². The van der Waals surface area contributed by atoms with Crippen LogP contribution in [0.25, 0.3) is 0 Å². The zero-order valence-corrected chi connectivity index (χ0v) is 8.88. The first kappa shape index (κ1) is 12.3. The molecule has 0 saturated carbocycles. The van der Waals surface area contributed by atoms with Crippen molar-refractivity contribution in [3.05, 3.63) is 46.1 Å². The predicted octanol–water partition coefficient (Wildman–Crippen LogP) is 0.972. The summed E-state index contributed by atoms with van der Waals surface area (Å²) < 4.78 is 10.6. The van der Waals surface area contributed by atoms with Gasteiger partial charge in [-0.3, -0.25) is 10.1 Å². The quantitative estimate of drug-likeness (QED) is 0.574. The lowest BCUT2D eigenvalue weighted by Gasteiger charge is -2.26. The van der Waals surface area contributed by atoms with Crippen LogP contribution in [0.2, 0.25) is 0 Å². The fourth-order valence-electron chi connectivity index (χ4n) is 1.15. The van der Waals surface area contributed by atoms with Gasteiger partial charge in [-0.1, -0.05) is 0 Å². The molecule has 0 aliphatic carbocycles. The highest BCUT2D eigenvalue weighted by atomic mass is 16.6. The van der Waals surface area contributed by atoms with Crippen molar-refractivity contribution in [2.75, 3.05) is 13.2 Å². The maximum Gasteiger partial charge on any atom is 0.266 e. The number of ether oxygens (including phenoxy) is 2. The van der Waals surface area contributed by atoms with E-state index in [0.29, 0.717) is 5.76 Å². The highest BCUT2D eigenvalue weighted by molar-refractivity contribution is 5.27. The van der Waals surface area contributed by atoms with Gasteiger partial charge in [0.2, 0.25) is 0 Å². The molecule has 1 saturated heterocycles. The molecule has 0 aromatic carbocycles. The van der Waals surface area contributed by atoms with Crippen molar-refractivity contribution in [3.63, 3.8) is 0 Å². The van der Waals surface area contributed by atoms with Crippen LogP contribution in [0.4, 0.5) is 0 Å². The Balaban J connectivity index is 2.88. The number of allylic oxidation sites excluding steroid dienone is 2. The molecule has 16 heavy (non-hydrogen) atoms. The first-order valence-corrected chi connectivity index (χ1v) is 4.70. The molecule has 1 heterocycles. The number of rotatable bonds is 3. The van der Waals surface area contributed by atoms with Crippen LogP contribution in [0.3, 0.4) is 0 Å². The molecule has 1 N–H and O–H groups in total. The minimum atomic E-state index is -0.619. The zero-order chi connectivity index (χ0) is 12.1. The molecule has 1 aliphatic heterocycles. The third-order valence-electron chi connectivity index (χ3n) is 1.96. The Morgan fingerprint density at radius 3 is 2.94 bits per heavy atom. The van der Waals surface area contributed by atoms with Crippen molar-refractivity contribution in [1.29, 1.82) is 0 Å². The normalized spacial score (nSPS) is 25.0. The van der Waals surface area contributed by atoms with Gasteiger partial charge in [0.1, 0.15) is 6.61 Å². The summed E-state index contributed by atoms with van der Waals surface area (Å²) in [4.78, 5) is 9.80. The van der Waals surface area contributed by atoms with Gasteiger partial charge in [-0.25, -0.2) is 0 Å². The van der Waals surface area contributed by atoms with E-state index < -0.39 is 11.0 Å². The molecular weight excluding hydrogens is 214 g/mol. The Bertz CT molecular complexity index is 358. The van der Waals surface area contributed by atoms with E-state index in [1.807, 2.05) is 0 Å². The van der Waals surface area contributed by atoms with Crippen LogP contribution in [-0.4, -0.2) is 29.3 Å². The standard InChI is InChI=1S/C10H13NO5/c1-3-9-10(4-7(2)11(13)14)16-8(5-12)6-15-9/h3-4,8,12H,2,5-6H2,1H3/b9-3+,10-4+. The molecule has 6 nitrogen and oxygen atoms in total. The maximum atomic E-state index is 10.4. The Kier molecular flexibility index (Phi) is 4.07. The first-order valence-electron chi connectivity index (χ1n) is 4.70. The second-order valence-electron chi connectivity index (χ2n) is 3.14. The van der Waals surface area contributed by atoms with Crippen LogP contribution in [0.1, 0.15) is 6.92 Å². The van der Waals surface area contributed by atoms with E-state index in [1.54, 1.807) is 13.0 Å². The fraction of sp³-hybridized carbons (Fsp3) is 0.400. The summed E-state index contributed by atoms with van der Waals surface area (Å²) in [5.41, 5.74) is -0.295. The number of aliphatic hydroxyl groups is 1. The molecule has 1 atom stereocenters. The van der Waals surface area contributed by atoms with Gasteiger partial charge in [0, 0.05) is 0 Å². The van der Waals surface area contributed by atoms with E-state index in [9.17, 15) is 10.1 Å². The molecule has 1 unspecified atom stereocenters. The third kappa shape index (κ3) is 2.83. The lowest BCUT2D eigenvalue weighted by Crippen LogP contribution is -2.29. The van der Waals surface area contributed by atoms with Gasteiger partial charge in [0.25, 0.3) is 5.70 Å². The zero-order valence-electron chi connectivity index (χ0n) is 8.88. The van der Waals surface area contributed by atoms with Crippen LogP contribution in [-0.2, 0) is 9.47 Å². The monoisotopic (exact) mass is 227 g/mol. The lowest BCUT2D eigenvalue weighted by molar-refractivity contribution is -0.418. The largest absolute Gasteiger partial charge is 0.486 e. The molecule has 0 radical (unpaired) electrons. The van der Waals surface area contributed by atoms with Crippen molar-refractivity contribution in [3.8, 4) is 0 Å². The molecule has 0 aromatic heterocycles. The predicted molar refractivity (Wildman–Crippen MR) is 55.9 cm³/mol. The third-order valence-corrected chi connectivity index (χ3v) is 1.96. The van der Waals surface area contributed by atoms with E-state index in [4.69, 9.17) is 14.6 Å². The topological polar surface area (TPSA) is 81.8 Å². The van der Waals surface area contributed by atoms with Crippen molar-refractivity contribution in [2.24, 2.45) is 0 Å². The van der Waals surface area contributed by atoms with Crippen molar-refractivity contribution in [1.82, 2.24) is 0 Å². The van der Waals surface area contributed by atoms with Gasteiger partial charge in [0.15, 0.2) is 17.6 Å². The summed E-state index contributed by atoms with van der Waals surface area (Å²) in [7, 11) is 0. The molecule has 0 spiro atoms. The number of aliphatic hydroxyl groups excluding tert-OH is 1. The Labute approximate surface area is 92.6 Å². The number of nitro groups is 1. The number of hydrogen-bond acceptors (Lipinski definition) is 5. The first-order chi connectivity index (χ1) is 7.58. The smallest absolute Gasteiger partial charge is 0.266 e. The summed E-state index contributed by atoms with van der Waals surface area (Å²) in [5, 5.41) is 19.3. The Morgan fingerprint density at radius 2 is 2.44 bits per heavy atom. The van der Waals surface area contributed by atoms with Gasteiger partial charge in [0.05, 0.1) is 17.6 Å². The Hall–Kier alpha value is -1.82. The van der Waals surface area contributed by atoms with Gasteiger partial charge in [-0.15, -0.1) is 0 Å². The van der Waals surface area contributed by atoms with Crippen LogP contribution in [0.15, 0.2) is 35.9 Å². The molecule has 88 valence electrons. The number of nitrogens with zero attached hydrogens (tertiary/aromatic N) is 1. The summed E-state index contributed by atoms with van der Waals surface area (Å²) in [5.74, 6) is 0.627. The van der Waals surface area contributed by atoms with Crippen molar-refractivity contribution in [2.45, 2.75) is 13.0 Å². The molecule has 0 bridgehead atoms. The number of hydrogen-bond donors (Lipinski definition) is 1. The van der Waals surface area contributed by atoms with E-state index in [0.717, 1.165) is 0 Å². The highest BCUT2D eigenvalue weighted by Crippen LogP contribution is 2.22. The van der Waals surface area contributed by atoms with Crippen molar-refractivity contribution >= 4 is 0 Å². The summed E-state index contributed by atoms with van der Waals surface area (Å²) in [6.45, 7) is 5.00. The fourth-order valence-corrected chi connectivity index (χ4v) is 1.15. The molecule has 1 fully saturated rings. The van der Waals surface area contributed by atoms with Gasteiger partial charge >= 0.3 is 0 Å². The molecule has 1 rings (SSSR count).